The van der Waals surface area contributed by atoms with Crippen LogP contribution in [-0.4, -0.2) is 16.5 Å². The van der Waals surface area contributed by atoms with Crippen LogP contribution in [0.25, 0.3) is 22.6 Å². The predicted molar refractivity (Wildman–Crippen MR) is 138 cm³/mol. The number of anilines is 1. The van der Waals surface area contributed by atoms with Crippen LogP contribution in [0.4, 0.5) is 5.69 Å². The summed E-state index contributed by atoms with van der Waals surface area (Å²) >= 11 is 12.3. The summed E-state index contributed by atoms with van der Waals surface area (Å²) in [4.78, 5) is 17.7. The lowest BCUT2D eigenvalue weighted by Crippen LogP contribution is -2.42. The molecule has 176 valence electrons. The van der Waals surface area contributed by atoms with Crippen LogP contribution in [0, 0.1) is 0 Å². The molecule has 0 aliphatic rings. The topological polar surface area (TPSA) is 64.4 Å². The van der Waals surface area contributed by atoms with Crippen LogP contribution in [-0.2, 0) is 4.79 Å². The third-order valence-electron chi connectivity index (χ3n) is 5.79. The number of halogens is 2. The number of nitrogens with zero attached hydrogens (tertiary/aromatic N) is 1. The van der Waals surface area contributed by atoms with E-state index in [2.05, 4.69) is 36.3 Å². The van der Waals surface area contributed by atoms with E-state index in [4.69, 9.17) is 32.4 Å². The van der Waals surface area contributed by atoms with Crippen LogP contribution in [0.2, 0.25) is 10.0 Å². The molecule has 4 rings (SSSR count). The first-order chi connectivity index (χ1) is 16.2. The molecule has 34 heavy (non-hydrogen) atoms. The minimum atomic E-state index is -1.16. The molecule has 0 saturated carbocycles. The van der Waals surface area contributed by atoms with E-state index in [-0.39, 0.29) is 5.91 Å². The predicted octanol–water partition coefficient (Wildman–Crippen LogP) is 8.11. The van der Waals surface area contributed by atoms with Crippen molar-refractivity contribution in [2.75, 3.05) is 5.32 Å². The van der Waals surface area contributed by atoms with Crippen molar-refractivity contribution in [1.29, 1.82) is 0 Å². The molecule has 1 aromatic heterocycles. The zero-order valence-electron chi connectivity index (χ0n) is 19.5. The van der Waals surface area contributed by atoms with Gasteiger partial charge in [-0.1, -0.05) is 43.1 Å². The first-order valence-corrected chi connectivity index (χ1v) is 11.9. The number of benzene rings is 3. The summed E-state index contributed by atoms with van der Waals surface area (Å²) in [5.41, 5.74) is 2.72. The van der Waals surface area contributed by atoms with Crippen LogP contribution < -0.4 is 10.1 Å². The number of hydrogen-bond acceptors (Lipinski definition) is 4. The number of rotatable bonds is 7. The Morgan fingerprint density at radius 3 is 2.53 bits per heavy atom. The molecule has 3 aromatic carbocycles. The highest BCUT2D eigenvalue weighted by molar-refractivity contribution is 6.34. The fourth-order valence-electron chi connectivity index (χ4n) is 3.48. The van der Waals surface area contributed by atoms with E-state index in [1.807, 2.05) is 12.1 Å². The van der Waals surface area contributed by atoms with Crippen molar-refractivity contribution in [1.82, 2.24) is 4.98 Å². The molecule has 7 heteroatoms. The third kappa shape index (κ3) is 5.21. The third-order valence-corrected chi connectivity index (χ3v) is 6.37. The molecular weight excluding hydrogens is 471 g/mol. The lowest BCUT2D eigenvalue weighted by molar-refractivity contribution is -0.128. The molecule has 0 aliphatic heterocycles. The second-order valence-electron chi connectivity index (χ2n) is 8.77. The van der Waals surface area contributed by atoms with Gasteiger partial charge < -0.3 is 14.5 Å². The minimum absolute atomic E-state index is 0.350. The number of carbonyl (C=O) groups is 1. The van der Waals surface area contributed by atoms with Gasteiger partial charge in [-0.3, -0.25) is 4.79 Å². The number of fused-ring (bicyclic) bond motifs is 1. The Morgan fingerprint density at radius 2 is 1.82 bits per heavy atom. The summed E-state index contributed by atoms with van der Waals surface area (Å²) in [6, 6.07) is 18.2. The van der Waals surface area contributed by atoms with E-state index in [1.54, 1.807) is 50.2 Å². The SMILES string of the molecule is CCC(C)c1ccc2oc(-c3ccc(Cl)c(NC(=O)C(C)(C)Oc4ccc(Cl)cc4)c3)nc2c1. The molecule has 0 saturated heterocycles. The van der Waals surface area contributed by atoms with Gasteiger partial charge in [-0.15, -0.1) is 0 Å². The van der Waals surface area contributed by atoms with Crippen molar-refractivity contribution in [2.24, 2.45) is 0 Å². The van der Waals surface area contributed by atoms with Gasteiger partial charge in [0.05, 0.1) is 10.7 Å². The summed E-state index contributed by atoms with van der Waals surface area (Å²) in [6.07, 6.45) is 1.05. The molecule has 0 aliphatic carbocycles. The van der Waals surface area contributed by atoms with E-state index in [1.165, 1.54) is 5.56 Å². The first-order valence-electron chi connectivity index (χ1n) is 11.1. The van der Waals surface area contributed by atoms with Gasteiger partial charge in [-0.2, -0.15) is 0 Å². The van der Waals surface area contributed by atoms with E-state index in [0.717, 1.165) is 11.9 Å². The van der Waals surface area contributed by atoms with Gasteiger partial charge in [0.25, 0.3) is 5.91 Å². The van der Waals surface area contributed by atoms with Gasteiger partial charge in [-0.25, -0.2) is 4.98 Å². The highest BCUT2D eigenvalue weighted by Crippen LogP contribution is 2.32. The van der Waals surface area contributed by atoms with E-state index in [9.17, 15) is 4.79 Å². The second kappa shape index (κ2) is 9.69. The Hall–Kier alpha value is -3.02. The van der Waals surface area contributed by atoms with Crippen molar-refractivity contribution in [3.05, 3.63) is 76.3 Å². The van der Waals surface area contributed by atoms with Gasteiger partial charge in [0, 0.05) is 10.6 Å². The highest BCUT2D eigenvalue weighted by atomic mass is 35.5. The van der Waals surface area contributed by atoms with Gasteiger partial charge in [-0.05, 0) is 86.3 Å². The largest absolute Gasteiger partial charge is 0.478 e. The lowest BCUT2D eigenvalue weighted by atomic mass is 9.98. The number of nitrogens with one attached hydrogen (secondary N) is 1. The van der Waals surface area contributed by atoms with Crippen molar-refractivity contribution in [3.8, 4) is 17.2 Å². The van der Waals surface area contributed by atoms with Crippen LogP contribution >= 0.6 is 23.2 Å². The molecule has 1 unspecified atom stereocenters. The smallest absolute Gasteiger partial charge is 0.268 e. The Kier molecular flexibility index (Phi) is 6.87. The van der Waals surface area contributed by atoms with Crippen molar-refractivity contribution < 1.29 is 13.9 Å². The Balaban J connectivity index is 1.57. The van der Waals surface area contributed by atoms with Crippen LogP contribution in [0.1, 0.15) is 45.6 Å². The highest BCUT2D eigenvalue weighted by Gasteiger charge is 2.30. The van der Waals surface area contributed by atoms with Gasteiger partial charge in [0.2, 0.25) is 5.89 Å². The summed E-state index contributed by atoms with van der Waals surface area (Å²) in [5.74, 6) is 1.09. The number of carbonyl (C=O) groups excluding carboxylic acids is 1. The summed E-state index contributed by atoms with van der Waals surface area (Å²) in [6.45, 7) is 7.72. The maximum absolute atomic E-state index is 13.0. The average Bonchev–Trinajstić information content (AvgIpc) is 3.24. The zero-order chi connectivity index (χ0) is 24.5. The zero-order valence-corrected chi connectivity index (χ0v) is 21.0. The number of oxazole rings is 1. The fourth-order valence-corrected chi connectivity index (χ4v) is 3.77. The molecule has 0 fully saturated rings. The van der Waals surface area contributed by atoms with Crippen LogP contribution in [0.5, 0.6) is 5.75 Å². The summed E-state index contributed by atoms with van der Waals surface area (Å²) < 4.78 is 11.9. The van der Waals surface area contributed by atoms with E-state index in [0.29, 0.717) is 44.4 Å². The molecule has 1 N–H and O–H groups in total. The van der Waals surface area contributed by atoms with Crippen LogP contribution in [0.3, 0.4) is 0 Å². The molecular formula is C27H26Cl2N2O3. The maximum atomic E-state index is 13.0. The molecule has 5 nitrogen and oxygen atoms in total. The van der Waals surface area contributed by atoms with Crippen molar-refractivity contribution in [3.63, 3.8) is 0 Å². The standard InChI is InChI=1S/C27H26Cl2N2O3/c1-5-16(2)17-7-13-24-23(14-17)30-25(33-24)18-6-12-21(29)22(15-18)31-26(32)27(3,4)34-20-10-8-19(28)9-11-20/h6-16H,5H2,1-4H3,(H,31,32). The molecule has 1 atom stereocenters. The van der Waals surface area contributed by atoms with E-state index < -0.39 is 5.60 Å². The monoisotopic (exact) mass is 496 g/mol. The normalized spacial score (nSPS) is 12.5. The number of ether oxygens (including phenoxy) is 1. The number of hydrogen-bond donors (Lipinski definition) is 1. The minimum Gasteiger partial charge on any atom is -0.478 e. The molecule has 4 aromatic rings. The second-order valence-corrected chi connectivity index (χ2v) is 9.61. The molecule has 1 amide bonds. The Bertz CT molecular complexity index is 1330. The molecule has 0 bridgehead atoms. The number of amides is 1. The van der Waals surface area contributed by atoms with Crippen molar-refractivity contribution in [2.45, 2.75) is 45.6 Å². The van der Waals surface area contributed by atoms with Crippen molar-refractivity contribution >= 4 is 45.9 Å². The Labute approximate surface area is 209 Å². The van der Waals surface area contributed by atoms with Gasteiger partial charge in [0.15, 0.2) is 11.2 Å². The van der Waals surface area contributed by atoms with Gasteiger partial charge in [0.1, 0.15) is 11.3 Å². The number of aromatic nitrogens is 1. The quantitative estimate of drug-likeness (QED) is 0.280. The Morgan fingerprint density at radius 1 is 1.09 bits per heavy atom. The maximum Gasteiger partial charge on any atom is 0.268 e. The van der Waals surface area contributed by atoms with Gasteiger partial charge >= 0.3 is 0 Å². The molecule has 0 radical (unpaired) electrons. The first kappa shape index (κ1) is 24.1. The summed E-state index contributed by atoms with van der Waals surface area (Å²) in [5, 5.41) is 3.86. The fraction of sp³-hybridized carbons (Fsp3) is 0.259. The lowest BCUT2D eigenvalue weighted by Gasteiger charge is -2.25. The van der Waals surface area contributed by atoms with E-state index >= 15 is 0 Å². The molecule has 1 heterocycles. The summed E-state index contributed by atoms with van der Waals surface area (Å²) in [7, 11) is 0. The molecule has 0 spiro atoms. The average molecular weight is 497 g/mol. The van der Waals surface area contributed by atoms with Crippen LogP contribution in [0.15, 0.2) is 65.1 Å².